The number of imide groups is 1. The first-order chi connectivity index (χ1) is 7.50. The van der Waals surface area contributed by atoms with Crippen molar-refractivity contribution in [2.75, 3.05) is 10.6 Å². The summed E-state index contributed by atoms with van der Waals surface area (Å²) in [6, 6.07) is 5.02. The maximum absolute atomic E-state index is 11.8. The molecule has 1 unspecified atom stereocenters. The van der Waals surface area contributed by atoms with Crippen LogP contribution in [0.1, 0.15) is 13.3 Å². The number of nitrogens with zero attached hydrogens (tertiary/aromatic N) is 1. The number of halogens is 1. The topological polar surface area (TPSA) is 63.4 Å². The highest BCUT2D eigenvalue weighted by atomic mass is 79.9. The van der Waals surface area contributed by atoms with Crippen molar-refractivity contribution >= 4 is 39.1 Å². The van der Waals surface area contributed by atoms with Gasteiger partial charge in [-0.25, -0.2) is 4.90 Å². The van der Waals surface area contributed by atoms with Gasteiger partial charge in [0.25, 0.3) is 0 Å². The summed E-state index contributed by atoms with van der Waals surface area (Å²) >= 11 is 3.31. The van der Waals surface area contributed by atoms with Crippen molar-refractivity contribution in [1.82, 2.24) is 0 Å². The van der Waals surface area contributed by atoms with Gasteiger partial charge in [0.1, 0.15) is 0 Å². The van der Waals surface area contributed by atoms with Crippen LogP contribution in [0.15, 0.2) is 22.7 Å². The lowest BCUT2D eigenvalue weighted by Gasteiger charge is -2.16. The van der Waals surface area contributed by atoms with E-state index in [4.69, 9.17) is 5.73 Å². The second-order valence-corrected chi connectivity index (χ2v) is 4.74. The van der Waals surface area contributed by atoms with Gasteiger partial charge in [-0.15, -0.1) is 0 Å². The minimum atomic E-state index is -0.239. The zero-order chi connectivity index (χ0) is 11.9. The summed E-state index contributed by atoms with van der Waals surface area (Å²) in [6.45, 7) is 1.76. The van der Waals surface area contributed by atoms with E-state index in [1.165, 1.54) is 4.90 Å². The fraction of sp³-hybridized carbons (Fsp3) is 0.273. The molecule has 0 aromatic heterocycles. The van der Waals surface area contributed by atoms with Crippen molar-refractivity contribution in [2.24, 2.45) is 5.92 Å². The molecule has 0 spiro atoms. The Bertz CT molecular complexity index is 473. The molecule has 4 nitrogen and oxygen atoms in total. The lowest BCUT2D eigenvalue weighted by molar-refractivity contribution is -0.122. The Hall–Kier alpha value is -1.36. The number of rotatable bonds is 1. The minimum Gasteiger partial charge on any atom is -0.399 e. The molecule has 1 aromatic carbocycles. The van der Waals surface area contributed by atoms with Crippen molar-refractivity contribution in [2.45, 2.75) is 13.3 Å². The highest BCUT2D eigenvalue weighted by molar-refractivity contribution is 9.10. The van der Waals surface area contributed by atoms with E-state index >= 15 is 0 Å². The van der Waals surface area contributed by atoms with Crippen molar-refractivity contribution in [1.29, 1.82) is 0 Å². The van der Waals surface area contributed by atoms with Crippen molar-refractivity contribution < 1.29 is 9.59 Å². The molecule has 1 aliphatic rings. The average molecular weight is 283 g/mol. The first-order valence-electron chi connectivity index (χ1n) is 4.92. The molecule has 1 aromatic rings. The van der Waals surface area contributed by atoms with Gasteiger partial charge in [0.2, 0.25) is 11.8 Å². The zero-order valence-electron chi connectivity index (χ0n) is 8.74. The quantitative estimate of drug-likeness (QED) is 0.632. The SMILES string of the molecule is CC1CC(=O)N(c2ccc(N)cc2Br)C1=O. The Morgan fingerprint density at radius 3 is 2.62 bits per heavy atom. The number of anilines is 2. The van der Waals surface area contributed by atoms with Crippen molar-refractivity contribution in [3.05, 3.63) is 22.7 Å². The zero-order valence-corrected chi connectivity index (χ0v) is 10.3. The van der Waals surface area contributed by atoms with E-state index in [0.717, 1.165) is 0 Å². The highest BCUT2D eigenvalue weighted by Gasteiger charge is 2.37. The molecule has 0 aliphatic carbocycles. The number of nitrogen functional groups attached to an aromatic ring is 1. The van der Waals surface area contributed by atoms with Gasteiger partial charge < -0.3 is 5.73 Å². The fourth-order valence-corrected chi connectivity index (χ4v) is 2.32. The molecule has 5 heteroatoms. The monoisotopic (exact) mass is 282 g/mol. The summed E-state index contributed by atoms with van der Waals surface area (Å²) in [5.74, 6) is -0.560. The second-order valence-electron chi connectivity index (χ2n) is 3.88. The van der Waals surface area contributed by atoms with Gasteiger partial charge in [-0.3, -0.25) is 9.59 Å². The van der Waals surface area contributed by atoms with Crippen LogP contribution in [0.5, 0.6) is 0 Å². The lowest BCUT2D eigenvalue weighted by Crippen LogP contribution is -2.30. The van der Waals surface area contributed by atoms with Gasteiger partial charge in [0.15, 0.2) is 0 Å². The van der Waals surface area contributed by atoms with Gasteiger partial charge in [-0.05, 0) is 34.1 Å². The maximum Gasteiger partial charge on any atom is 0.237 e. The van der Waals surface area contributed by atoms with Crippen LogP contribution in [0.3, 0.4) is 0 Å². The van der Waals surface area contributed by atoms with Crippen LogP contribution in [-0.2, 0) is 9.59 Å². The molecule has 2 amide bonds. The summed E-state index contributed by atoms with van der Waals surface area (Å²) in [5.41, 5.74) is 6.75. The number of nitrogens with two attached hydrogens (primary N) is 1. The molecule has 2 N–H and O–H groups in total. The summed E-state index contributed by atoms with van der Waals surface area (Å²) in [5, 5.41) is 0. The molecule has 1 atom stereocenters. The van der Waals surface area contributed by atoms with Gasteiger partial charge in [-0.1, -0.05) is 6.92 Å². The third-order valence-corrected chi connectivity index (χ3v) is 3.22. The van der Waals surface area contributed by atoms with Crippen LogP contribution in [-0.4, -0.2) is 11.8 Å². The fourth-order valence-electron chi connectivity index (χ4n) is 1.74. The van der Waals surface area contributed by atoms with E-state index in [0.29, 0.717) is 15.8 Å². The largest absolute Gasteiger partial charge is 0.399 e. The third kappa shape index (κ3) is 1.71. The molecule has 1 saturated heterocycles. The maximum atomic E-state index is 11.8. The van der Waals surface area contributed by atoms with Crippen LogP contribution < -0.4 is 10.6 Å². The Morgan fingerprint density at radius 1 is 1.44 bits per heavy atom. The van der Waals surface area contributed by atoms with E-state index in [9.17, 15) is 9.59 Å². The molecular formula is C11H11BrN2O2. The number of hydrogen-bond acceptors (Lipinski definition) is 3. The van der Waals surface area contributed by atoms with Crippen LogP contribution in [0, 0.1) is 5.92 Å². The molecule has 0 radical (unpaired) electrons. The number of carbonyl (C=O) groups is 2. The molecule has 0 saturated carbocycles. The molecular weight excluding hydrogens is 272 g/mol. The van der Waals surface area contributed by atoms with Crippen LogP contribution in [0.4, 0.5) is 11.4 Å². The number of carbonyl (C=O) groups excluding carboxylic acids is 2. The van der Waals surface area contributed by atoms with E-state index in [-0.39, 0.29) is 24.2 Å². The minimum absolute atomic E-state index is 0.157. The summed E-state index contributed by atoms with van der Waals surface area (Å²) < 4.78 is 0.656. The van der Waals surface area contributed by atoms with E-state index < -0.39 is 0 Å². The van der Waals surface area contributed by atoms with E-state index in [1.54, 1.807) is 25.1 Å². The summed E-state index contributed by atoms with van der Waals surface area (Å²) in [6.07, 6.45) is 0.273. The van der Waals surface area contributed by atoms with Crippen LogP contribution in [0.25, 0.3) is 0 Å². The van der Waals surface area contributed by atoms with Gasteiger partial charge >= 0.3 is 0 Å². The molecule has 1 aliphatic heterocycles. The molecule has 1 fully saturated rings. The third-order valence-electron chi connectivity index (χ3n) is 2.58. The average Bonchev–Trinajstić information content (AvgIpc) is 2.43. The summed E-state index contributed by atoms with van der Waals surface area (Å²) in [4.78, 5) is 24.7. The van der Waals surface area contributed by atoms with Crippen LogP contribution >= 0.6 is 15.9 Å². The molecule has 2 rings (SSSR count). The van der Waals surface area contributed by atoms with Crippen LogP contribution in [0.2, 0.25) is 0 Å². The summed E-state index contributed by atoms with van der Waals surface area (Å²) in [7, 11) is 0. The second kappa shape index (κ2) is 3.90. The van der Waals surface area contributed by atoms with Gasteiger partial charge in [0, 0.05) is 22.5 Å². The number of benzene rings is 1. The number of amides is 2. The Kier molecular flexibility index (Phi) is 2.71. The van der Waals surface area contributed by atoms with Crippen molar-refractivity contribution in [3.8, 4) is 0 Å². The first kappa shape index (κ1) is 11.1. The van der Waals surface area contributed by atoms with Gasteiger partial charge in [0.05, 0.1) is 5.69 Å². The molecule has 1 heterocycles. The Labute approximate surface area is 102 Å². The molecule has 16 heavy (non-hydrogen) atoms. The van der Waals surface area contributed by atoms with E-state index in [2.05, 4.69) is 15.9 Å². The first-order valence-corrected chi connectivity index (χ1v) is 5.72. The smallest absolute Gasteiger partial charge is 0.237 e. The lowest BCUT2D eigenvalue weighted by atomic mass is 10.1. The standard InChI is InChI=1S/C11H11BrN2O2/c1-6-4-10(15)14(11(6)16)9-3-2-7(13)5-8(9)12/h2-3,5-6H,4,13H2,1H3. The molecule has 84 valence electrons. The van der Waals surface area contributed by atoms with Gasteiger partial charge in [-0.2, -0.15) is 0 Å². The van der Waals surface area contributed by atoms with Crippen molar-refractivity contribution in [3.63, 3.8) is 0 Å². The number of hydrogen-bond donors (Lipinski definition) is 1. The molecule has 0 bridgehead atoms. The Balaban J connectivity index is 2.45. The highest BCUT2D eigenvalue weighted by Crippen LogP contribution is 2.33. The predicted molar refractivity (Wildman–Crippen MR) is 64.8 cm³/mol. The normalized spacial score (nSPS) is 20.6. The van der Waals surface area contributed by atoms with E-state index in [1.807, 2.05) is 0 Å². The predicted octanol–water partition coefficient (Wildman–Crippen LogP) is 1.93. The Morgan fingerprint density at radius 2 is 2.12 bits per heavy atom.